The summed E-state index contributed by atoms with van der Waals surface area (Å²) < 4.78 is 35.8. The normalized spacial score (nSPS) is 13.1. The van der Waals surface area contributed by atoms with E-state index in [0.717, 1.165) is 24.6 Å². The maximum atomic E-state index is 13.5. The number of sulfonamides is 1. The fraction of sp³-hybridized carbons (Fsp3) is 0.417. The van der Waals surface area contributed by atoms with E-state index in [1.807, 2.05) is 13.8 Å². The molecule has 1 aromatic carbocycles. The highest BCUT2D eigenvalue weighted by molar-refractivity contribution is 7.89. The molecular weight excluding hydrogens is 271 g/mol. The largest absolute Gasteiger partial charge is 0.352 e. The zero-order valence-corrected chi connectivity index (χ0v) is 11.6. The van der Waals surface area contributed by atoms with Crippen LogP contribution in [0.25, 0.3) is 0 Å². The van der Waals surface area contributed by atoms with Gasteiger partial charge in [-0.15, -0.1) is 0 Å². The Morgan fingerprint density at radius 3 is 2.63 bits per heavy atom. The van der Waals surface area contributed by atoms with Crippen LogP contribution in [0.2, 0.25) is 0 Å². The molecule has 0 saturated heterocycles. The summed E-state index contributed by atoms with van der Waals surface area (Å²) >= 11 is 0. The number of benzene rings is 1. The van der Waals surface area contributed by atoms with E-state index in [1.54, 1.807) is 0 Å². The molecule has 0 heterocycles. The second-order valence-electron chi connectivity index (χ2n) is 4.41. The van der Waals surface area contributed by atoms with E-state index in [1.165, 1.54) is 0 Å². The third kappa shape index (κ3) is 4.29. The smallest absolute Gasteiger partial charge is 0.254 e. The van der Waals surface area contributed by atoms with Gasteiger partial charge in [0, 0.05) is 6.54 Å². The van der Waals surface area contributed by atoms with Gasteiger partial charge in [-0.2, -0.15) is 0 Å². The summed E-state index contributed by atoms with van der Waals surface area (Å²) in [5.41, 5.74) is -0.324. The molecule has 0 fully saturated rings. The summed E-state index contributed by atoms with van der Waals surface area (Å²) in [6.07, 6.45) is 0.875. The third-order valence-corrected chi connectivity index (χ3v) is 3.73. The van der Waals surface area contributed by atoms with Gasteiger partial charge in [0.1, 0.15) is 5.82 Å². The molecule has 0 aliphatic carbocycles. The Kier molecular flexibility index (Phi) is 5.02. The van der Waals surface area contributed by atoms with Crippen molar-refractivity contribution in [2.24, 2.45) is 11.1 Å². The first-order valence-corrected chi connectivity index (χ1v) is 7.41. The van der Waals surface area contributed by atoms with E-state index in [-0.39, 0.29) is 16.4 Å². The zero-order valence-electron chi connectivity index (χ0n) is 10.8. The van der Waals surface area contributed by atoms with Crippen LogP contribution in [0.4, 0.5) is 4.39 Å². The average Bonchev–Trinajstić information content (AvgIpc) is 2.34. The summed E-state index contributed by atoms with van der Waals surface area (Å²) in [5.74, 6) is -1.18. The first-order valence-electron chi connectivity index (χ1n) is 5.86. The minimum atomic E-state index is -3.96. The van der Waals surface area contributed by atoms with Gasteiger partial charge < -0.3 is 5.32 Å². The van der Waals surface area contributed by atoms with Crippen molar-refractivity contribution < 1.29 is 17.6 Å². The second-order valence-corrected chi connectivity index (χ2v) is 5.97. The number of carbonyl (C=O) groups excluding carboxylic acids is 1. The van der Waals surface area contributed by atoms with E-state index in [2.05, 4.69) is 5.32 Å². The number of carbonyl (C=O) groups is 1. The van der Waals surface area contributed by atoms with Gasteiger partial charge in [-0.25, -0.2) is 17.9 Å². The molecule has 3 N–H and O–H groups in total. The van der Waals surface area contributed by atoms with E-state index in [0.29, 0.717) is 6.54 Å². The Morgan fingerprint density at radius 1 is 1.47 bits per heavy atom. The van der Waals surface area contributed by atoms with Crippen LogP contribution >= 0.6 is 0 Å². The lowest BCUT2D eigenvalue weighted by Crippen LogP contribution is -2.29. The van der Waals surface area contributed by atoms with E-state index >= 15 is 0 Å². The highest BCUT2D eigenvalue weighted by Crippen LogP contribution is 2.14. The molecule has 1 unspecified atom stereocenters. The van der Waals surface area contributed by atoms with Crippen LogP contribution in [0, 0.1) is 11.7 Å². The van der Waals surface area contributed by atoms with Crippen molar-refractivity contribution in [3.8, 4) is 0 Å². The van der Waals surface area contributed by atoms with Crippen molar-refractivity contribution >= 4 is 15.9 Å². The lowest BCUT2D eigenvalue weighted by molar-refractivity contribution is 0.0943. The summed E-state index contributed by atoms with van der Waals surface area (Å²) in [4.78, 5) is 11.5. The molecule has 0 spiro atoms. The van der Waals surface area contributed by atoms with Crippen molar-refractivity contribution in [1.82, 2.24) is 5.32 Å². The Labute approximate surface area is 112 Å². The molecule has 1 atom stereocenters. The fourth-order valence-electron chi connectivity index (χ4n) is 1.36. The van der Waals surface area contributed by atoms with Crippen LogP contribution in [-0.2, 0) is 10.0 Å². The Hall–Kier alpha value is -1.47. The van der Waals surface area contributed by atoms with Crippen LogP contribution in [0.3, 0.4) is 0 Å². The Bertz CT molecular complexity index is 572. The minimum absolute atomic E-state index is 0.258. The van der Waals surface area contributed by atoms with Crippen LogP contribution in [0.15, 0.2) is 23.1 Å². The SMILES string of the molecule is CCC(C)CNC(=O)c1cc(S(N)(=O)=O)ccc1F. The van der Waals surface area contributed by atoms with Crippen LogP contribution in [0.1, 0.15) is 30.6 Å². The van der Waals surface area contributed by atoms with Crippen molar-refractivity contribution in [3.05, 3.63) is 29.6 Å². The maximum Gasteiger partial charge on any atom is 0.254 e. The van der Waals surface area contributed by atoms with Crippen LogP contribution in [0.5, 0.6) is 0 Å². The number of nitrogens with one attached hydrogen (secondary N) is 1. The summed E-state index contributed by atoms with van der Waals surface area (Å²) in [6.45, 7) is 4.31. The molecule has 19 heavy (non-hydrogen) atoms. The van der Waals surface area contributed by atoms with Crippen molar-refractivity contribution in [3.63, 3.8) is 0 Å². The first-order chi connectivity index (χ1) is 8.75. The van der Waals surface area contributed by atoms with Gasteiger partial charge in [-0.1, -0.05) is 20.3 Å². The standard InChI is InChI=1S/C12H17FN2O3S/c1-3-8(2)7-15-12(16)10-6-9(19(14,17)18)4-5-11(10)13/h4-6,8H,3,7H2,1-2H3,(H,15,16)(H2,14,17,18). The molecule has 0 saturated carbocycles. The first kappa shape index (κ1) is 15.6. The number of amides is 1. The lowest BCUT2D eigenvalue weighted by atomic mass is 10.1. The van der Waals surface area contributed by atoms with Crippen LogP contribution in [-0.4, -0.2) is 20.9 Å². The highest BCUT2D eigenvalue weighted by Gasteiger charge is 2.16. The molecule has 0 bridgehead atoms. The second kappa shape index (κ2) is 6.12. The lowest BCUT2D eigenvalue weighted by Gasteiger charge is -2.11. The van der Waals surface area contributed by atoms with Gasteiger partial charge in [-0.3, -0.25) is 4.79 Å². The van der Waals surface area contributed by atoms with Gasteiger partial charge >= 0.3 is 0 Å². The Morgan fingerprint density at radius 2 is 2.11 bits per heavy atom. The van der Waals surface area contributed by atoms with Gasteiger partial charge in [0.25, 0.3) is 5.91 Å². The summed E-state index contributed by atoms with van der Waals surface area (Å²) in [7, 11) is -3.96. The molecule has 0 aromatic heterocycles. The fourth-order valence-corrected chi connectivity index (χ4v) is 1.90. The third-order valence-electron chi connectivity index (χ3n) is 2.82. The molecule has 5 nitrogen and oxygen atoms in total. The van der Waals surface area contributed by atoms with E-state index in [4.69, 9.17) is 5.14 Å². The molecule has 0 radical (unpaired) electrons. The molecule has 1 aromatic rings. The molecule has 1 rings (SSSR count). The topological polar surface area (TPSA) is 89.3 Å². The monoisotopic (exact) mass is 288 g/mol. The molecule has 106 valence electrons. The van der Waals surface area contributed by atoms with E-state index < -0.39 is 21.7 Å². The quantitative estimate of drug-likeness (QED) is 0.854. The Balaban J connectivity index is 2.96. The molecular formula is C12H17FN2O3S. The van der Waals surface area contributed by atoms with Crippen molar-refractivity contribution in [2.75, 3.05) is 6.54 Å². The maximum absolute atomic E-state index is 13.5. The molecule has 1 amide bonds. The van der Waals surface area contributed by atoms with Crippen molar-refractivity contribution in [1.29, 1.82) is 0 Å². The highest BCUT2D eigenvalue weighted by atomic mass is 32.2. The number of primary sulfonamides is 1. The zero-order chi connectivity index (χ0) is 14.6. The minimum Gasteiger partial charge on any atom is -0.352 e. The van der Waals surface area contributed by atoms with Gasteiger partial charge in [-0.05, 0) is 24.1 Å². The summed E-state index contributed by atoms with van der Waals surface area (Å²) in [5, 5.41) is 7.49. The van der Waals surface area contributed by atoms with Gasteiger partial charge in [0.15, 0.2) is 0 Å². The molecule has 0 aliphatic rings. The summed E-state index contributed by atoms with van der Waals surface area (Å²) in [6, 6.07) is 2.88. The number of hydrogen-bond acceptors (Lipinski definition) is 3. The predicted molar refractivity (Wildman–Crippen MR) is 69.6 cm³/mol. The molecule has 0 aliphatic heterocycles. The average molecular weight is 288 g/mol. The van der Waals surface area contributed by atoms with E-state index in [9.17, 15) is 17.6 Å². The predicted octanol–water partition coefficient (Wildman–Crippen LogP) is 1.25. The number of rotatable bonds is 5. The van der Waals surface area contributed by atoms with Gasteiger partial charge in [0.05, 0.1) is 10.5 Å². The van der Waals surface area contributed by atoms with Crippen molar-refractivity contribution in [2.45, 2.75) is 25.2 Å². The number of halogens is 1. The number of hydrogen-bond donors (Lipinski definition) is 2. The van der Waals surface area contributed by atoms with Gasteiger partial charge in [0.2, 0.25) is 10.0 Å². The number of nitrogens with two attached hydrogens (primary N) is 1. The van der Waals surface area contributed by atoms with Crippen LogP contribution < -0.4 is 10.5 Å². The molecule has 7 heteroatoms.